The van der Waals surface area contributed by atoms with E-state index in [4.69, 9.17) is 4.74 Å². The Morgan fingerprint density at radius 2 is 1.95 bits per heavy atom. The van der Waals surface area contributed by atoms with Gasteiger partial charge in [-0.15, -0.1) is 0 Å². The fourth-order valence-corrected chi connectivity index (χ4v) is 3.34. The first-order chi connectivity index (χ1) is 9.33. The van der Waals surface area contributed by atoms with Crippen molar-refractivity contribution < 1.29 is 9.53 Å². The van der Waals surface area contributed by atoms with Crippen molar-refractivity contribution in [3.05, 3.63) is 29.3 Å². The average molecular weight is 258 g/mol. The van der Waals surface area contributed by atoms with Gasteiger partial charge in [0.2, 0.25) is 0 Å². The van der Waals surface area contributed by atoms with Crippen LogP contribution in [-0.4, -0.2) is 12.4 Å². The van der Waals surface area contributed by atoms with Gasteiger partial charge in [-0.05, 0) is 42.9 Å². The van der Waals surface area contributed by atoms with E-state index in [1.165, 1.54) is 31.2 Å². The number of carbonyl (C=O) groups is 1. The molecule has 0 atom stereocenters. The lowest BCUT2D eigenvalue weighted by Gasteiger charge is -2.16. The van der Waals surface area contributed by atoms with E-state index < -0.39 is 0 Å². The van der Waals surface area contributed by atoms with E-state index in [0.717, 1.165) is 43.1 Å². The highest BCUT2D eigenvalue weighted by Gasteiger charge is 2.18. The molecule has 2 heteroatoms. The third kappa shape index (κ3) is 2.99. The zero-order valence-electron chi connectivity index (χ0n) is 11.5. The van der Waals surface area contributed by atoms with Crippen LogP contribution in [0.25, 0.3) is 0 Å². The summed E-state index contributed by atoms with van der Waals surface area (Å²) in [5, 5.41) is 0. The quantitative estimate of drug-likeness (QED) is 0.810. The molecule has 102 valence electrons. The molecule has 0 bridgehead atoms. The van der Waals surface area contributed by atoms with Gasteiger partial charge < -0.3 is 4.74 Å². The summed E-state index contributed by atoms with van der Waals surface area (Å²) >= 11 is 0. The molecule has 2 nitrogen and oxygen atoms in total. The molecule has 0 amide bonds. The highest BCUT2D eigenvalue weighted by molar-refractivity contribution is 5.98. The number of carbonyl (C=O) groups excluding carboxylic acids is 1. The first kappa shape index (κ1) is 12.7. The Kier molecular flexibility index (Phi) is 3.86. The lowest BCUT2D eigenvalue weighted by Crippen LogP contribution is -2.11. The number of fused-ring (bicyclic) bond motifs is 1. The monoisotopic (exact) mass is 258 g/mol. The van der Waals surface area contributed by atoms with Crippen molar-refractivity contribution in [2.24, 2.45) is 5.92 Å². The predicted octanol–water partition coefficient (Wildman–Crippen LogP) is 4.16. The number of ketones is 1. The summed E-state index contributed by atoms with van der Waals surface area (Å²) in [6.45, 7) is 0.789. The Balaban J connectivity index is 1.58. The molecule has 1 fully saturated rings. The van der Waals surface area contributed by atoms with E-state index in [0.29, 0.717) is 6.42 Å². The van der Waals surface area contributed by atoms with Gasteiger partial charge in [0.15, 0.2) is 5.78 Å². The maximum atomic E-state index is 11.9. The number of hydrogen-bond acceptors (Lipinski definition) is 2. The van der Waals surface area contributed by atoms with Crippen molar-refractivity contribution in [3.63, 3.8) is 0 Å². The Labute approximate surface area is 115 Å². The Morgan fingerprint density at radius 3 is 2.79 bits per heavy atom. The van der Waals surface area contributed by atoms with Crippen molar-refractivity contribution in [2.45, 2.75) is 51.4 Å². The number of Topliss-reactive ketones (excluding diaryl/α,β-unsaturated/α-hetero) is 1. The van der Waals surface area contributed by atoms with E-state index in [-0.39, 0.29) is 5.78 Å². The molecule has 0 saturated heterocycles. The minimum absolute atomic E-state index is 0.280. The zero-order valence-corrected chi connectivity index (χ0v) is 11.5. The van der Waals surface area contributed by atoms with Crippen molar-refractivity contribution >= 4 is 5.78 Å². The average Bonchev–Trinajstić information content (AvgIpc) is 2.93. The smallest absolute Gasteiger partial charge is 0.163 e. The second kappa shape index (κ2) is 5.77. The van der Waals surface area contributed by atoms with Crippen LogP contribution < -0.4 is 4.74 Å². The number of benzene rings is 1. The lowest BCUT2D eigenvalue weighted by atomic mass is 9.90. The van der Waals surface area contributed by atoms with E-state index in [2.05, 4.69) is 6.07 Å². The fourth-order valence-electron chi connectivity index (χ4n) is 3.34. The molecule has 0 spiro atoms. The van der Waals surface area contributed by atoms with Gasteiger partial charge in [0.25, 0.3) is 0 Å². The van der Waals surface area contributed by atoms with Gasteiger partial charge in [0, 0.05) is 12.0 Å². The SMILES string of the molecule is O=C1CCCc2ccc(OCCC3CCCC3)cc21. The largest absolute Gasteiger partial charge is 0.494 e. The molecule has 0 N–H and O–H groups in total. The molecule has 19 heavy (non-hydrogen) atoms. The van der Waals surface area contributed by atoms with Gasteiger partial charge >= 0.3 is 0 Å². The molecule has 0 heterocycles. The standard InChI is InChI=1S/C17H22O2/c18-17-7-3-6-14-8-9-15(12-16(14)17)19-11-10-13-4-1-2-5-13/h8-9,12-13H,1-7,10-11H2. The maximum Gasteiger partial charge on any atom is 0.163 e. The number of rotatable bonds is 4. The normalized spacial score (nSPS) is 19.5. The van der Waals surface area contributed by atoms with Gasteiger partial charge in [0.1, 0.15) is 5.75 Å². The molecule has 0 aromatic heterocycles. The fraction of sp³-hybridized carbons (Fsp3) is 0.588. The molecule has 1 aromatic carbocycles. The summed E-state index contributed by atoms with van der Waals surface area (Å²) in [6, 6.07) is 6.04. The van der Waals surface area contributed by atoms with Crippen molar-refractivity contribution in [1.29, 1.82) is 0 Å². The van der Waals surface area contributed by atoms with Gasteiger partial charge in [0.05, 0.1) is 6.61 Å². The first-order valence-electron chi connectivity index (χ1n) is 7.62. The minimum atomic E-state index is 0.280. The van der Waals surface area contributed by atoms with Crippen LogP contribution in [0.2, 0.25) is 0 Å². The molecule has 0 aliphatic heterocycles. The van der Waals surface area contributed by atoms with Gasteiger partial charge in [-0.1, -0.05) is 31.7 Å². The summed E-state index contributed by atoms with van der Waals surface area (Å²) in [5.41, 5.74) is 2.09. The van der Waals surface area contributed by atoms with Gasteiger partial charge in [-0.25, -0.2) is 0 Å². The third-order valence-electron chi connectivity index (χ3n) is 4.50. The van der Waals surface area contributed by atoms with Crippen molar-refractivity contribution in [1.82, 2.24) is 0 Å². The Hall–Kier alpha value is -1.31. The van der Waals surface area contributed by atoms with E-state index >= 15 is 0 Å². The summed E-state index contributed by atoms with van der Waals surface area (Å²) in [4.78, 5) is 11.9. The molecule has 1 saturated carbocycles. The number of ether oxygens (including phenoxy) is 1. The van der Waals surface area contributed by atoms with Crippen LogP contribution in [-0.2, 0) is 6.42 Å². The second-order valence-electron chi connectivity index (χ2n) is 5.88. The molecule has 2 aliphatic rings. The van der Waals surface area contributed by atoms with Crippen LogP contribution >= 0.6 is 0 Å². The predicted molar refractivity (Wildman–Crippen MR) is 75.8 cm³/mol. The second-order valence-corrected chi connectivity index (χ2v) is 5.88. The van der Waals surface area contributed by atoms with Crippen LogP contribution in [0.15, 0.2) is 18.2 Å². The molecular weight excluding hydrogens is 236 g/mol. The summed E-state index contributed by atoms with van der Waals surface area (Å²) in [7, 11) is 0. The van der Waals surface area contributed by atoms with Crippen molar-refractivity contribution in [2.75, 3.05) is 6.61 Å². The van der Waals surface area contributed by atoms with Crippen LogP contribution in [0.1, 0.15) is 60.9 Å². The van der Waals surface area contributed by atoms with Crippen LogP contribution in [0, 0.1) is 5.92 Å². The minimum Gasteiger partial charge on any atom is -0.494 e. The highest BCUT2D eigenvalue weighted by atomic mass is 16.5. The lowest BCUT2D eigenvalue weighted by molar-refractivity contribution is 0.0972. The van der Waals surface area contributed by atoms with Crippen molar-refractivity contribution in [3.8, 4) is 5.75 Å². The summed E-state index contributed by atoms with van der Waals surface area (Å²) in [5.74, 6) is 2.01. The Morgan fingerprint density at radius 1 is 1.11 bits per heavy atom. The van der Waals surface area contributed by atoms with E-state index in [1.54, 1.807) is 0 Å². The molecule has 2 aliphatic carbocycles. The molecule has 1 aromatic rings. The highest BCUT2D eigenvalue weighted by Crippen LogP contribution is 2.28. The van der Waals surface area contributed by atoms with E-state index in [1.807, 2.05) is 12.1 Å². The third-order valence-corrected chi connectivity index (χ3v) is 4.50. The maximum absolute atomic E-state index is 11.9. The van der Waals surface area contributed by atoms with Crippen LogP contribution in [0.3, 0.4) is 0 Å². The van der Waals surface area contributed by atoms with E-state index in [9.17, 15) is 4.79 Å². The summed E-state index contributed by atoms with van der Waals surface area (Å²) < 4.78 is 5.83. The van der Waals surface area contributed by atoms with Crippen LogP contribution in [0.5, 0.6) is 5.75 Å². The first-order valence-corrected chi connectivity index (χ1v) is 7.62. The molecule has 3 rings (SSSR count). The molecular formula is C17H22O2. The van der Waals surface area contributed by atoms with Gasteiger partial charge in [-0.2, -0.15) is 0 Å². The topological polar surface area (TPSA) is 26.3 Å². The Bertz CT molecular complexity index is 458. The number of hydrogen-bond donors (Lipinski definition) is 0. The van der Waals surface area contributed by atoms with Gasteiger partial charge in [-0.3, -0.25) is 4.79 Å². The summed E-state index contributed by atoms with van der Waals surface area (Å²) in [6.07, 6.45) is 9.38. The molecule has 0 unspecified atom stereocenters. The van der Waals surface area contributed by atoms with Crippen LogP contribution in [0.4, 0.5) is 0 Å². The number of aryl methyl sites for hydroxylation is 1. The zero-order chi connectivity index (χ0) is 13.1. The molecule has 0 radical (unpaired) electrons.